The van der Waals surface area contributed by atoms with Crippen LogP contribution in [0.5, 0.6) is 0 Å². The van der Waals surface area contributed by atoms with Crippen LogP contribution in [0.15, 0.2) is 0 Å². The molecule has 0 aromatic heterocycles. The molecular weight excluding hydrogens is 841 g/mol. The maximum Gasteiger partial charge on any atom is 0.306 e. The van der Waals surface area contributed by atoms with Gasteiger partial charge < -0.3 is 14.2 Å². The van der Waals surface area contributed by atoms with E-state index in [1.165, 1.54) is 250 Å². The molecule has 68 heavy (non-hydrogen) atoms. The van der Waals surface area contributed by atoms with Crippen LogP contribution in [-0.2, 0) is 28.6 Å². The standard InChI is InChI=1S/C62H120O6/c1-5-8-10-12-14-16-18-20-22-23-24-25-30-33-37-41-45-49-53-60(63)66-56-59(68-62(65)55-51-47-43-39-35-29-21-19-17-15-13-11-9-6-2)57-67-61(64)54-50-46-42-38-34-31-27-26-28-32-36-40-44-48-52-58(4)7-3/h58-59H,5-57H2,1-4H3/t58?,59-/m0/s1. The predicted octanol–water partition coefficient (Wildman–Crippen LogP) is 20.6. The van der Waals surface area contributed by atoms with Gasteiger partial charge in [0.05, 0.1) is 0 Å². The summed E-state index contributed by atoms with van der Waals surface area (Å²) in [5.74, 6) is 0.0657. The Kier molecular flexibility index (Phi) is 55.0. The minimum Gasteiger partial charge on any atom is -0.462 e. The quantitative estimate of drug-likeness (QED) is 0.0343. The molecule has 0 radical (unpaired) electrons. The summed E-state index contributed by atoms with van der Waals surface area (Å²) >= 11 is 0. The average molecular weight is 962 g/mol. The van der Waals surface area contributed by atoms with Crippen LogP contribution in [-0.4, -0.2) is 37.2 Å². The van der Waals surface area contributed by atoms with Crippen LogP contribution in [0.2, 0.25) is 0 Å². The molecule has 0 amide bonds. The van der Waals surface area contributed by atoms with Crippen molar-refractivity contribution < 1.29 is 28.6 Å². The first-order chi connectivity index (χ1) is 33.4. The summed E-state index contributed by atoms with van der Waals surface area (Å²) in [5.41, 5.74) is 0. The molecule has 0 fully saturated rings. The summed E-state index contributed by atoms with van der Waals surface area (Å²) in [7, 11) is 0. The molecule has 0 aliphatic heterocycles. The molecule has 0 aliphatic carbocycles. The van der Waals surface area contributed by atoms with Gasteiger partial charge in [-0.2, -0.15) is 0 Å². The summed E-state index contributed by atoms with van der Waals surface area (Å²) in [6.07, 6.45) is 62.3. The molecule has 0 bridgehead atoms. The van der Waals surface area contributed by atoms with Crippen LogP contribution in [0.1, 0.15) is 355 Å². The third-order valence-electron chi connectivity index (χ3n) is 14.7. The zero-order valence-electron chi connectivity index (χ0n) is 46.6. The van der Waals surface area contributed by atoms with Gasteiger partial charge in [0.1, 0.15) is 13.2 Å². The smallest absolute Gasteiger partial charge is 0.306 e. The maximum absolute atomic E-state index is 12.9. The molecular formula is C62H120O6. The van der Waals surface area contributed by atoms with E-state index < -0.39 is 6.10 Å². The van der Waals surface area contributed by atoms with Crippen molar-refractivity contribution in [1.82, 2.24) is 0 Å². The number of hydrogen-bond acceptors (Lipinski definition) is 6. The highest BCUT2D eigenvalue weighted by molar-refractivity contribution is 5.71. The number of ether oxygens (including phenoxy) is 3. The molecule has 0 N–H and O–H groups in total. The zero-order valence-corrected chi connectivity index (χ0v) is 46.6. The first kappa shape index (κ1) is 66.4. The van der Waals surface area contributed by atoms with Gasteiger partial charge in [-0.25, -0.2) is 0 Å². The number of rotatable bonds is 57. The normalized spacial score (nSPS) is 12.4. The Bertz CT molecular complexity index is 1030. The average Bonchev–Trinajstić information content (AvgIpc) is 3.34. The van der Waals surface area contributed by atoms with E-state index in [1.54, 1.807) is 0 Å². The van der Waals surface area contributed by atoms with E-state index in [4.69, 9.17) is 14.2 Å². The second-order valence-electron chi connectivity index (χ2n) is 21.6. The maximum atomic E-state index is 12.9. The largest absolute Gasteiger partial charge is 0.462 e. The van der Waals surface area contributed by atoms with Gasteiger partial charge >= 0.3 is 17.9 Å². The van der Waals surface area contributed by atoms with Gasteiger partial charge in [0.2, 0.25) is 0 Å². The number of carbonyl (C=O) groups excluding carboxylic acids is 3. The van der Waals surface area contributed by atoms with Crippen molar-refractivity contribution in [1.29, 1.82) is 0 Å². The van der Waals surface area contributed by atoms with E-state index in [0.29, 0.717) is 19.3 Å². The Balaban J connectivity index is 4.27. The lowest BCUT2D eigenvalue weighted by atomic mass is 9.99. The summed E-state index contributed by atoms with van der Waals surface area (Å²) in [5, 5.41) is 0. The van der Waals surface area contributed by atoms with Crippen molar-refractivity contribution in [3.05, 3.63) is 0 Å². The summed E-state index contributed by atoms with van der Waals surface area (Å²) < 4.78 is 16.9. The van der Waals surface area contributed by atoms with E-state index in [0.717, 1.165) is 63.7 Å². The molecule has 1 unspecified atom stereocenters. The molecule has 6 nitrogen and oxygen atoms in total. The van der Waals surface area contributed by atoms with Gasteiger partial charge in [0, 0.05) is 19.3 Å². The molecule has 0 heterocycles. The van der Waals surface area contributed by atoms with E-state index in [2.05, 4.69) is 27.7 Å². The van der Waals surface area contributed by atoms with Gasteiger partial charge in [0.15, 0.2) is 6.10 Å². The molecule has 6 heteroatoms. The van der Waals surface area contributed by atoms with Crippen molar-refractivity contribution >= 4 is 17.9 Å². The highest BCUT2D eigenvalue weighted by Gasteiger charge is 2.19. The van der Waals surface area contributed by atoms with Crippen molar-refractivity contribution in [3.63, 3.8) is 0 Å². The van der Waals surface area contributed by atoms with E-state index in [1.807, 2.05) is 0 Å². The second-order valence-corrected chi connectivity index (χ2v) is 21.6. The monoisotopic (exact) mass is 961 g/mol. The van der Waals surface area contributed by atoms with Crippen LogP contribution in [0.3, 0.4) is 0 Å². The molecule has 0 saturated heterocycles. The van der Waals surface area contributed by atoms with Crippen LogP contribution in [0, 0.1) is 5.92 Å². The summed E-state index contributed by atoms with van der Waals surface area (Å²) in [6, 6.07) is 0. The molecule has 0 spiro atoms. The van der Waals surface area contributed by atoms with Crippen molar-refractivity contribution in [2.24, 2.45) is 5.92 Å². The molecule has 0 aromatic rings. The zero-order chi connectivity index (χ0) is 49.5. The van der Waals surface area contributed by atoms with E-state index in [9.17, 15) is 14.4 Å². The van der Waals surface area contributed by atoms with E-state index >= 15 is 0 Å². The third kappa shape index (κ3) is 53.8. The van der Waals surface area contributed by atoms with Crippen LogP contribution in [0.4, 0.5) is 0 Å². The molecule has 0 aromatic carbocycles. The summed E-state index contributed by atoms with van der Waals surface area (Å²) in [6.45, 7) is 9.11. The molecule has 404 valence electrons. The minimum absolute atomic E-state index is 0.0613. The topological polar surface area (TPSA) is 78.9 Å². The van der Waals surface area contributed by atoms with Crippen LogP contribution in [0.25, 0.3) is 0 Å². The Morgan fingerprint density at radius 1 is 0.294 bits per heavy atom. The SMILES string of the molecule is CCCCCCCCCCCCCCCCCCCCC(=O)OC[C@@H](COC(=O)CCCCCCCCCCCCCCCCC(C)CC)OC(=O)CCCCCCCCCCCCCCCC. The van der Waals surface area contributed by atoms with Gasteiger partial charge in [0.25, 0.3) is 0 Å². The lowest BCUT2D eigenvalue weighted by Crippen LogP contribution is -2.30. The van der Waals surface area contributed by atoms with Gasteiger partial charge in [-0.05, 0) is 25.2 Å². The van der Waals surface area contributed by atoms with Gasteiger partial charge in [-0.15, -0.1) is 0 Å². The van der Waals surface area contributed by atoms with Crippen LogP contribution < -0.4 is 0 Å². The fourth-order valence-electron chi connectivity index (χ4n) is 9.60. The fourth-order valence-corrected chi connectivity index (χ4v) is 9.60. The molecule has 2 atom stereocenters. The van der Waals surface area contributed by atoms with Gasteiger partial charge in [-0.3, -0.25) is 14.4 Å². The Morgan fingerprint density at radius 3 is 0.765 bits per heavy atom. The molecule has 0 aliphatic rings. The second kappa shape index (κ2) is 56.3. The highest BCUT2D eigenvalue weighted by atomic mass is 16.6. The molecule has 0 rings (SSSR count). The van der Waals surface area contributed by atoms with Crippen molar-refractivity contribution in [3.8, 4) is 0 Å². The van der Waals surface area contributed by atoms with Crippen molar-refractivity contribution in [2.45, 2.75) is 361 Å². The Morgan fingerprint density at radius 2 is 0.515 bits per heavy atom. The Labute approximate surface area is 425 Å². The fraction of sp³-hybridized carbons (Fsp3) is 0.952. The van der Waals surface area contributed by atoms with E-state index in [-0.39, 0.29) is 31.1 Å². The number of esters is 3. The van der Waals surface area contributed by atoms with Crippen LogP contribution >= 0.6 is 0 Å². The first-order valence-electron chi connectivity index (χ1n) is 30.9. The van der Waals surface area contributed by atoms with Crippen molar-refractivity contribution in [2.75, 3.05) is 13.2 Å². The Hall–Kier alpha value is -1.59. The number of hydrogen-bond donors (Lipinski definition) is 0. The first-order valence-corrected chi connectivity index (χ1v) is 30.9. The minimum atomic E-state index is -0.762. The third-order valence-corrected chi connectivity index (χ3v) is 14.7. The lowest BCUT2D eigenvalue weighted by Gasteiger charge is -2.18. The predicted molar refractivity (Wildman–Crippen MR) is 293 cm³/mol. The van der Waals surface area contributed by atoms with Gasteiger partial charge in [-0.1, -0.05) is 317 Å². The number of unbranched alkanes of at least 4 members (excludes halogenated alkanes) is 43. The highest BCUT2D eigenvalue weighted by Crippen LogP contribution is 2.19. The lowest BCUT2D eigenvalue weighted by molar-refractivity contribution is -0.167. The number of carbonyl (C=O) groups is 3. The molecule has 0 saturated carbocycles. The summed E-state index contributed by atoms with van der Waals surface area (Å²) in [4.78, 5) is 38.2.